The van der Waals surface area contributed by atoms with Crippen LogP contribution in [0.15, 0.2) is 12.4 Å². The van der Waals surface area contributed by atoms with Gasteiger partial charge in [-0.3, -0.25) is 0 Å². The molecule has 0 aromatic carbocycles. The fourth-order valence-electron chi connectivity index (χ4n) is 7.06. The first-order valence-corrected chi connectivity index (χ1v) is 20.3. The predicted molar refractivity (Wildman–Crippen MR) is 194 cm³/mol. The zero-order valence-electron chi connectivity index (χ0n) is 30.3. The average Bonchev–Trinajstić information content (AvgIpc) is 3.51. The SMILES string of the molecule is CCCCCCCCCCCCCCCCC(CCCCC)c1nccn1C(C)CCCCCCCCCCCCCC. The fraction of sp³-hybridized carbons (Fsp3) is 0.927. The van der Waals surface area contributed by atoms with Crippen molar-refractivity contribution in [3.8, 4) is 0 Å². The standard InChI is InChI=1S/C41H80N2/c1-5-8-11-13-15-17-19-21-22-24-26-28-30-33-36-40(35-31-10-7-3)41-42-37-38-43(41)39(4)34-32-29-27-25-23-20-18-16-14-12-9-6-2/h37-40H,5-36H2,1-4H3. The fourth-order valence-corrected chi connectivity index (χ4v) is 7.06. The lowest BCUT2D eigenvalue weighted by molar-refractivity contribution is 0.414. The second-order valence-electron chi connectivity index (χ2n) is 14.3. The summed E-state index contributed by atoms with van der Waals surface area (Å²) in [6.45, 7) is 9.39. The van der Waals surface area contributed by atoms with E-state index in [9.17, 15) is 0 Å². The Bertz CT molecular complexity index is 664. The number of unbranched alkanes of at least 4 members (excludes halogenated alkanes) is 26. The van der Waals surface area contributed by atoms with Crippen LogP contribution in [0.1, 0.15) is 251 Å². The van der Waals surface area contributed by atoms with Crippen molar-refractivity contribution in [2.24, 2.45) is 0 Å². The molecule has 0 amide bonds. The molecular weight excluding hydrogens is 520 g/mol. The minimum atomic E-state index is 0.589. The Morgan fingerprint density at radius 2 is 0.744 bits per heavy atom. The molecular formula is C41H80N2. The van der Waals surface area contributed by atoms with E-state index in [2.05, 4.69) is 44.7 Å². The summed E-state index contributed by atoms with van der Waals surface area (Å²) in [7, 11) is 0. The summed E-state index contributed by atoms with van der Waals surface area (Å²) in [5.41, 5.74) is 0. The molecule has 0 aliphatic heterocycles. The Morgan fingerprint density at radius 1 is 0.442 bits per heavy atom. The highest BCUT2D eigenvalue weighted by Gasteiger charge is 2.19. The van der Waals surface area contributed by atoms with Crippen molar-refractivity contribution >= 4 is 0 Å². The summed E-state index contributed by atoms with van der Waals surface area (Å²) >= 11 is 0. The van der Waals surface area contributed by atoms with Gasteiger partial charge in [-0.2, -0.15) is 0 Å². The van der Waals surface area contributed by atoms with E-state index >= 15 is 0 Å². The smallest absolute Gasteiger partial charge is 0.111 e. The topological polar surface area (TPSA) is 17.8 Å². The summed E-state index contributed by atoms with van der Waals surface area (Å²) in [6.07, 6.45) is 49.8. The molecule has 0 fully saturated rings. The van der Waals surface area contributed by atoms with Gasteiger partial charge in [0.05, 0.1) is 0 Å². The molecule has 2 nitrogen and oxygen atoms in total. The van der Waals surface area contributed by atoms with E-state index in [0.29, 0.717) is 12.0 Å². The van der Waals surface area contributed by atoms with Gasteiger partial charge in [-0.25, -0.2) is 4.98 Å². The summed E-state index contributed by atoms with van der Waals surface area (Å²) in [6, 6.07) is 0.589. The zero-order valence-corrected chi connectivity index (χ0v) is 30.3. The Kier molecular flexibility index (Phi) is 29.2. The Morgan fingerprint density at radius 3 is 1.14 bits per heavy atom. The van der Waals surface area contributed by atoms with Gasteiger partial charge in [0, 0.05) is 24.4 Å². The van der Waals surface area contributed by atoms with Gasteiger partial charge in [-0.05, 0) is 26.2 Å². The first kappa shape index (κ1) is 40.2. The van der Waals surface area contributed by atoms with Crippen molar-refractivity contribution in [2.75, 3.05) is 0 Å². The summed E-state index contributed by atoms with van der Waals surface area (Å²) in [4.78, 5) is 4.97. The van der Waals surface area contributed by atoms with E-state index in [1.165, 1.54) is 211 Å². The van der Waals surface area contributed by atoms with Crippen molar-refractivity contribution in [3.05, 3.63) is 18.2 Å². The molecule has 0 saturated carbocycles. The van der Waals surface area contributed by atoms with Gasteiger partial charge in [-0.1, -0.05) is 207 Å². The molecule has 0 bridgehead atoms. The van der Waals surface area contributed by atoms with Crippen molar-refractivity contribution in [1.29, 1.82) is 0 Å². The van der Waals surface area contributed by atoms with Gasteiger partial charge in [0.25, 0.3) is 0 Å². The van der Waals surface area contributed by atoms with Crippen LogP contribution in [0.3, 0.4) is 0 Å². The Labute approximate surface area is 272 Å². The maximum atomic E-state index is 4.97. The molecule has 1 heterocycles. The molecule has 2 unspecified atom stereocenters. The second-order valence-corrected chi connectivity index (χ2v) is 14.3. The normalized spacial score (nSPS) is 13.1. The molecule has 0 saturated heterocycles. The lowest BCUT2D eigenvalue weighted by Crippen LogP contribution is -2.13. The van der Waals surface area contributed by atoms with E-state index in [4.69, 9.17) is 4.98 Å². The van der Waals surface area contributed by atoms with E-state index in [0.717, 1.165) is 0 Å². The number of rotatable bonds is 34. The molecule has 0 aliphatic carbocycles. The van der Waals surface area contributed by atoms with Gasteiger partial charge < -0.3 is 4.57 Å². The van der Waals surface area contributed by atoms with Crippen LogP contribution in [0.25, 0.3) is 0 Å². The molecule has 0 N–H and O–H groups in total. The van der Waals surface area contributed by atoms with E-state index in [1.807, 2.05) is 0 Å². The van der Waals surface area contributed by atoms with Crippen molar-refractivity contribution in [2.45, 2.75) is 245 Å². The summed E-state index contributed by atoms with van der Waals surface area (Å²) < 4.78 is 2.57. The lowest BCUT2D eigenvalue weighted by Gasteiger charge is -2.22. The highest BCUT2D eigenvalue weighted by Crippen LogP contribution is 2.30. The third kappa shape index (κ3) is 23.2. The Balaban J connectivity index is 2.23. The monoisotopic (exact) mass is 601 g/mol. The van der Waals surface area contributed by atoms with E-state index in [1.54, 1.807) is 0 Å². The van der Waals surface area contributed by atoms with Crippen molar-refractivity contribution in [1.82, 2.24) is 9.55 Å². The highest BCUT2D eigenvalue weighted by atomic mass is 15.1. The second kappa shape index (κ2) is 31.2. The van der Waals surface area contributed by atoms with Gasteiger partial charge in [0.15, 0.2) is 0 Å². The number of nitrogens with zero attached hydrogens (tertiary/aromatic N) is 2. The number of imidazole rings is 1. The highest BCUT2D eigenvalue weighted by molar-refractivity contribution is 5.02. The first-order valence-electron chi connectivity index (χ1n) is 20.3. The lowest BCUT2D eigenvalue weighted by atomic mass is 9.93. The molecule has 1 aromatic rings. The van der Waals surface area contributed by atoms with Crippen LogP contribution < -0.4 is 0 Å². The van der Waals surface area contributed by atoms with Crippen LogP contribution in [-0.2, 0) is 0 Å². The predicted octanol–water partition coefficient (Wildman–Crippen LogP) is 15.1. The minimum absolute atomic E-state index is 0.589. The van der Waals surface area contributed by atoms with Gasteiger partial charge in [-0.15, -0.1) is 0 Å². The molecule has 0 spiro atoms. The number of hydrogen-bond acceptors (Lipinski definition) is 1. The van der Waals surface area contributed by atoms with Gasteiger partial charge >= 0.3 is 0 Å². The largest absolute Gasteiger partial charge is 0.332 e. The molecule has 2 atom stereocenters. The zero-order chi connectivity index (χ0) is 31.1. The first-order chi connectivity index (χ1) is 21.2. The molecule has 1 aromatic heterocycles. The molecule has 0 aliphatic rings. The van der Waals surface area contributed by atoms with Crippen LogP contribution in [-0.4, -0.2) is 9.55 Å². The van der Waals surface area contributed by atoms with E-state index < -0.39 is 0 Å². The molecule has 1 rings (SSSR count). The van der Waals surface area contributed by atoms with Crippen LogP contribution in [0, 0.1) is 0 Å². The van der Waals surface area contributed by atoms with Gasteiger partial charge in [0.2, 0.25) is 0 Å². The maximum Gasteiger partial charge on any atom is 0.111 e. The molecule has 2 heteroatoms. The number of aromatic nitrogens is 2. The summed E-state index contributed by atoms with van der Waals surface area (Å²) in [5.74, 6) is 2.06. The van der Waals surface area contributed by atoms with Crippen molar-refractivity contribution < 1.29 is 0 Å². The quantitative estimate of drug-likeness (QED) is 0.0719. The van der Waals surface area contributed by atoms with Crippen molar-refractivity contribution in [3.63, 3.8) is 0 Å². The Hall–Kier alpha value is -0.790. The van der Waals surface area contributed by atoms with Crippen LogP contribution in [0.4, 0.5) is 0 Å². The van der Waals surface area contributed by atoms with E-state index in [-0.39, 0.29) is 0 Å². The molecule has 0 radical (unpaired) electrons. The average molecular weight is 601 g/mol. The van der Waals surface area contributed by atoms with Crippen LogP contribution >= 0.6 is 0 Å². The molecule has 43 heavy (non-hydrogen) atoms. The third-order valence-electron chi connectivity index (χ3n) is 10.1. The van der Waals surface area contributed by atoms with Crippen LogP contribution in [0.2, 0.25) is 0 Å². The number of hydrogen-bond donors (Lipinski definition) is 0. The molecule has 254 valence electrons. The minimum Gasteiger partial charge on any atom is -0.332 e. The maximum absolute atomic E-state index is 4.97. The van der Waals surface area contributed by atoms with Crippen LogP contribution in [0.5, 0.6) is 0 Å². The van der Waals surface area contributed by atoms with Gasteiger partial charge in [0.1, 0.15) is 5.82 Å². The summed E-state index contributed by atoms with van der Waals surface area (Å²) in [5, 5.41) is 0. The third-order valence-corrected chi connectivity index (χ3v) is 10.1.